The van der Waals surface area contributed by atoms with Crippen LogP contribution in [-0.2, 0) is 19.1 Å². The van der Waals surface area contributed by atoms with Crippen LogP contribution in [-0.4, -0.2) is 25.7 Å². The van der Waals surface area contributed by atoms with Gasteiger partial charge in [-0.3, -0.25) is 9.59 Å². The van der Waals surface area contributed by atoms with Gasteiger partial charge in [0.2, 0.25) is 0 Å². The van der Waals surface area contributed by atoms with Crippen molar-refractivity contribution in [3.8, 4) is 12.1 Å². The third-order valence-corrected chi connectivity index (χ3v) is 3.43. The Kier molecular flexibility index (Phi) is 4.52. The van der Waals surface area contributed by atoms with E-state index in [-0.39, 0.29) is 25.9 Å². The number of carbonyl (C=O) groups excluding carboxylic acids is 2. The molecule has 0 aromatic rings. The number of carbonyl (C=O) groups is 2. The van der Waals surface area contributed by atoms with E-state index in [4.69, 9.17) is 4.74 Å². The maximum atomic E-state index is 12.0. The molecule has 0 aliphatic carbocycles. The van der Waals surface area contributed by atoms with E-state index >= 15 is 0 Å². The second-order valence-corrected chi connectivity index (χ2v) is 5.12. The van der Waals surface area contributed by atoms with Gasteiger partial charge in [0.1, 0.15) is 0 Å². The lowest BCUT2D eigenvalue weighted by atomic mass is 9.77. The molecule has 106 valence electrons. The fraction of sp³-hybridized carbons (Fsp3) is 0.571. The summed E-state index contributed by atoms with van der Waals surface area (Å²) in [5.74, 6) is -1.44. The Hall–Kier alpha value is -2.34. The molecule has 0 bridgehead atoms. The highest BCUT2D eigenvalue weighted by atomic mass is 16.6. The van der Waals surface area contributed by atoms with Crippen LogP contribution in [0.1, 0.15) is 26.2 Å². The first kappa shape index (κ1) is 15.7. The van der Waals surface area contributed by atoms with E-state index in [9.17, 15) is 20.1 Å². The van der Waals surface area contributed by atoms with Crippen LogP contribution >= 0.6 is 0 Å². The van der Waals surface area contributed by atoms with Gasteiger partial charge in [0.25, 0.3) is 0 Å². The van der Waals surface area contributed by atoms with Crippen molar-refractivity contribution in [1.82, 2.24) is 0 Å². The molecule has 1 rings (SSSR count). The topological polar surface area (TPSA) is 100 Å². The van der Waals surface area contributed by atoms with Crippen LogP contribution in [0.3, 0.4) is 0 Å². The summed E-state index contributed by atoms with van der Waals surface area (Å²) < 4.78 is 9.67. The normalized spacial score (nSPS) is 26.0. The molecule has 1 unspecified atom stereocenters. The molecule has 20 heavy (non-hydrogen) atoms. The number of hydrogen-bond acceptors (Lipinski definition) is 6. The third kappa shape index (κ3) is 2.80. The number of nitriles is 2. The number of nitrogens with zero attached hydrogens (tertiary/aromatic N) is 2. The lowest BCUT2D eigenvalue weighted by Gasteiger charge is -2.24. The van der Waals surface area contributed by atoms with Crippen LogP contribution in [0.5, 0.6) is 0 Å². The van der Waals surface area contributed by atoms with Crippen LogP contribution in [0.15, 0.2) is 12.2 Å². The molecule has 1 aliphatic heterocycles. The number of cyclic esters (lactones) is 1. The summed E-state index contributed by atoms with van der Waals surface area (Å²) in [5.41, 5.74) is -2.30. The highest BCUT2D eigenvalue weighted by Gasteiger charge is 2.46. The molecule has 0 amide bonds. The molecule has 1 aliphatic rings. The summed E-state index contributed by atoms with van der Waals surface area (Å²) in [6.07, 6.45) is 0.175. The van der Waals surface area contributed by atoms with E-state index in [1.54, 1.807) is 0 Å². The smallest absolute Gasteiger partial charge is 0.323 e. The molecule has 1 atom stereocenters. The first-order valence-electron chi connectivity index (χ1n) is 6.08. The summed E-state index contributed by atoms with van der Waals surface area (Å²) in [5, 5.41) is 18.3. The predicted octanol–water partition coefficient (Wildman–Crippen LogP) is 1.48. The summed E-state index contributed by atoms with van der Waals surface area (Å²) in [6, 6.07) is 3.90. The minimum absolute atomic E-state index is 0.0103. The van der Waals surface area contributed by atoms with Gasteiger partial charge in [-0.15, -0.1) is 0 Å². The van der Waals surface area contributed by atoms with Gasteiger partial charge in [-0.1, -0.05) is 12.2 Å². The van der Waals surface area contributed by atoms with E-state index in [0.29, 0.717) is 5.57 Å². The van der Waals surface area contributed by atoms with Crippen LogP contribution < -0.4 is 0 Å². The molecule has 0 spiro atoms. The zero-order chi connectivity index (χ0) is 15.4. The SMILES string of the molecule is C=C1CC(C#N)(C#N)CCOC(=O)C(C)(C(=O)OC)C1. The van der Waals surface area contributed by atoms with Gasteiger partial charge in [0.15, 0.2) is 10.8 Å². The number of rotatable bonds is 1. The molecule has 0 radical (unpaired) electrons. The second kappa shape index (κ2) is 5.75. The lowest BCUT2D eigenvalue weighted by molar-refractivity contribution is -0.169. The summed E-state index contributed by atoms with van der Waals surface area (Å²) in [7, 11) is 1.19. The Bertz CT molecular complexity index is 512. The maximum Gasteiger partial charge on any atom is 0.323 e. The number of methoxy groups -OCH3 is 1. The summed E-state index contributed by atoms with van der Waals surface area (Å²) in [4.78, 5) is 23.9. The average molecular weight is 276 g/mol. The third-order valence-electron chi connectivity index (χ3n) is 3.43. The van der Waals surface area contributed by atoms with Gasteiger partial charge in [-0.25, -0.2) is 0 Å². The van der Waals surface area contributed by atoms with Crippen molar-refractivity contribution in [2.24, 2.45) is 10.8 Å². The zero-order valence-electron chi connectivity index (χ0n) is 11.6. The van der Waals surface area contributed by atoms with Crippen molar-refractivity contribution in [2.45, 2.75) is 26.2 Å². The highest BCUT2D eigenvalue weighted by Crippen LogP contribution is 2.37. The molecular formula is C14H16N2O4. The van der Waals surface area contributed by atoms with Gasteiger partial charge in [0, 0.05) is 12.8 Å². The van der Waals surface area contributed by atoms with Crippen LogP contribution in [0, 0.1) is 33.5 Å². The average Bonchev–Trinajstić information content (AvgIpc) is 2.48. The van der Waals surface area contributed by atoms with Crippen molar-refractivity contribution in [1.29, 1.82) is 10.5 Å². The molecule has 0 saturated carbocycles. The summed E-state index contributed by atoms with van der Waals surface area (Å²) in [6.45, 7) is 5.09. The van der Waals surface area contributed by atoms with Crippen LogP contribution in [0.25, 0.3) is 0 Å². The molecular weight excluding hydrogens is 260 g/mol. The number of ether oxygens (including phenoxy) is 2. The fourth-order valence-corrected chi connectivity index (χ4v) is 2.22. The van der Waals surface area contributed by atoms with Gasteiger partial charge in [-0.2, -0.15) is 10.5 Å². The van der Waals surface area contributed by atoms with Gasteiger partial charge in [-0.05, 0) is 13.3 Å². The van der Waals surface area contributed by atoms with Crippen LogP contribution in [0.4, 0.5) is 0 Å². The predicted molar refractivity (Wildman–Crippen MR) is 67.7 cm³/mol. The van der Waals surface area contributed by atoms with Crippen molar-refractivity contribution >= 4 is 11.9 Å². The Morgan fingerprint density at radius 2 is 2.00 bits per heavy atom. The van der Waals surface area contributed by atoms with E-state index in [0.717, 1.165) is 0 Å². The van der Waals surface area contributed by atoms with Crippen molar-refractivity contribution < 1.29 is 19.1 Å². The minimum atomic E-state index is -1.49. The first-order valence-corrected chi connectivity index (χ1v) is 6.08. The fourth-order valence-electron chi connectivity index (χ4n) is 2.22. The quantitative estimate of drug-likeness (QED) is 0.408. The Labute approximate surface area is 117 Å². The number of hydrogen-bond donors (Lipinski definition) is 0. The van der Waals surface area contributed by atoms with Crippen molar-refractivity contribution in [2.75, 3.05) is 13.7 Å². The maximum absolute atomic E-state index is 12.0. The number of esters is 2. The standard InChI is InChI=1S/C14H16N2O4/c1-10-6-13(2,11(17)19-3)12(18)20-5-4-14(7-10,8-15)9-16/h1,4-7H2,2-3H3. The first-order chi connectivity index (χ1) is 9.33. The molecule has 0 N–H and O–H groups in total. The Balaban J connectivity index is 3.14. The van der Waals surface area contributed by atoms with E-state index in [1.807, 2.05) is 12.1 Å². The Morgan fingerprint density at radius 3 is 2.50 bits per heavy atom. The number of allylic oxidation sites excluding steroid dienone is 1. The van der Waals surface area contributed by atoms with Crippen molar-refractivity contribution in [3.05, 3.63) is 12.2 Å². The largest absolute Gasteiger partial charge is 0.468 e. The summed E-state index contributed by atoms with van der Waals surface area (Å²) >= 11 is 0. The monoisotopic (exact) mass is 276 g/mol. The van der Waals surface area contributed by atoms with Gasteiger partial charge < -0.3 is 9.47 Å². The lowest BCUT2D eigenvalue weighted by Crippen LogP contribution is -2.39. The molecule has 1 fully saturated rings. The zero-order valence-corrected chi connectivity index (χ0v) is 11.6. The van der Waals surface area contributed by atoms with Gasteiger partial charge in [0.05, 0.1) is 25.9 Å². The van der Waals surface area contributed by atoms with Crippen molar-refractivity contribution in [3.63, 3.8) is 0 Å². The molecule has 0 aromatic heterocycles. The van der Waals surface area contributed by atoms with E-state index < -0.39 is 22.8 Å². The highest BCUT2D eigenvalue weighted by molar-refractivity contribution is 5.99. The molecule has 1 heterocycles. The molecule has 6 nitrogen and oxygen atoms in total. The molecule has 6 heteroatoms. The Morgan fingerprint density at radius 1 is 1.40 bits per heavy atom. The minimum Gasteiger partial charge on any atom is -0.468 e. The van der Waals surface area contributed by atoms with Gasteiger partial charge >= 0.3 is 11.9 Å². The van der Waals surface area contributed by atoms with Crippen LogP contribution in [0.2, 0.25) is 0 Å². The second-order valence-electron chi connectivity index (χ2n) is 5.12. The molecule has 1 saturated heterocycles. The van der Waals surface area contributed by atoms with E-state index in [1.165, 1.54) is 14.0 Å². The molecule has 0 aromatic carbocycles. The van der Waals surface area contributed by atoms with E-state index in [2.05, 4.69) is 11.3 Å².